The van der Waals surface area contributed by atoms with Gasteiger partial charge in [0, 0.05) is 46.5 Å². The zero-order valence-electron chi connectivity index (χ0n) is 28.9. The molecule has 0 fully saturated rings. The number of nitrogens with zero attached hydrogens (tertiary/aromatic N) is 5. The van der Waals surface area contributed by atoms with Crippen LogP contribution in [0.1, 0.15) is 86.8 Å². The van der Waals surface area contributed by atoms with Crippen LogP contribution >= 0.6 is 0 Å². The van der Waals surface area contributed by atoms with Crippen molar-refractivity contribution in [2.75, 3.05) is 4.90 Å². The maximum atomic E-state index is 12.9. The van der Waals surface area contributed by atoms with Gasteiger partial charge in [0.2, 0.25) is 29.7 Å². The summed E-state index contributed by atoms with van der Waals surface area (Å²) < 4.78 is 0. The maximum absolute atomic E-state index is 12.9. The van der Waals surface area contributed by atoms with Gasteiger partial charge in [0.15, 0.2) is 5.78 Å². The van der Waals surface area contributed by atoms with Gasteiger partial charge in [-0.15, -0.1) is 0 Å². The molecule has 0 aliphatic rings. The second-order valence-corrected chi connectivity index (χ2v) is 11.2. The number of guanidine groups is 4. The number of rotatable bonds is 16. The Balaban J connectivity index is 3.05. The van der Waals surface area contributed by atoms with Crippen LogP contribution < -0.4 is 55.3 Å². The molecule has 0 unspecified atom stereocenters. The standard InChI is InChI=1S/C31H46N18O2/c1-16(41-45-28(33)34)20-10-21(17(2)42-46-29(35)36)13-24(12-20)49(27(44-48-31(39)40)9-7-5-6-8-26(32)51)25-14-22(11-23(15-25)19(4)50)18(3)43-47-30(37)38/h10-15H,5-9H2,1-4H3,(H2,32,51)(H4,33,34,45)(H4,35,36,46)(H4,37,38,47)(H4,39,40,48). The van der Waals surface area contributed by atoms with E-state index in [1.165, 1.54) is 6.92 Å². The average Bonchev–Trinajstić information content (AvgIpc) is 3.06. The summed E-state index contributed by atoms with van der Waals surface area (Å²) in [6.45, 7) is 6.49. The smallest absolute Gasteiger partial charge is 0.217 e. The third kappa shape index (κ3) is 13.6. The van der Waals surface area contributed by atoms with Crippen molar-refractivity contribution in [3.8, 4) is 0 Å². The summed E-state index contributed by atoms with van der Waals surface area (Å²) >= 11 is 0. The summed E-state index contributed by atoms with van der Waals surface area (Å²) in [5.41, 5.74) is 41.4. The van der Waals surface area contributed by atoms with Crippen LogP contribution in [-0.2, 0) is 4.79 Å². The van der Waals surface area contributed by atoms with Crippen molar-refractivity contribution in [2.45, 2.75) is 59.8 Å². The lowest BCUT2D eigenvalue weighted by molar-refractivity contribution is -0.118. The molecule has 0 aliphatic heterocycles. The van der Waals surface area contributed by atoms with Crippen LogP contribution in [0, 0.1) is 21.6 Å². The highest BCUT2D eigenvalue weighted by Crippen LogP contribution is 2.32. The van der Waals surface area contributed by atoms with Crippen molar-refractivity contribution in [3.05, 3.63) is 58.7 Å². The summed E-state index contributed by atoms with van der Waals surface area (Å²) in [7, 11) is 0. The molecule has 2 rings (SSSR count). The molecule has 0 bridgehead atoms. The number of primary amides is 1. The van der Waals surface area contributed by atoms with Crippen molar-refractivity contribution in [1.82, 2.24) is 21.7 Å². The molecular weight excluding hydrogens is 656 g/mol. The Bertz CT molecular complexity index is 1740. The number of hydrogen-bond donors (Lipinski definition) is 13. The fourth-order valence-corrected chi connectivity index (χ4v) is 4.49. The number of amides is 1. The Morgan fingerprint density at radius 3 is 1.27 bits per heavy atom. The summed E-state index contributed by atoms with van der Waals surface area (Å²) in [5.74, 6) is -1.85. The van der Waals surface area contributed by atoms with Gasteiger partial charge in [0.05, 0.1) is 17.1 Å². The van der Waals surface area contributed by atoms with Gasteiger partial charge in [0.1, 0.15) is 5.84 Å². The number of carbonyl (C=O) groups excluding carboxylic acids is 2. The number of amidine groups is 1. The van der Waals surface area contributed by atoms with Crippen LogP contribution in [0.5, 0.6) is 0 Å². The van der Waals surface area contributed by atoms with E-state index in [4.69, 9.17) is 50.3 Å². The molecule has 0 radical (unpaired) electrons. The molecule has 0 heterocycles. The van der Waals surface area contributed by atoms with Crippen LogP contribution in [0.25, 0.3) is 0 Å². The third-order valence-electron chi connectivity index (χ3n) is 6.93. The molecule has 2 aromatic rings. The first-order chi connectivity index (χ1) is 24.0. The highest BCUT2D eigenvalue weighted by molar-refractivity contribution is 6.11. The third-order valence-corrected chi connectivity index (χ3v) is 6.93. The van der Waals surface area contributed by atoms with Crippen LogP contribution in [0.3, 0.4) is 0 Å². The van der Waals surface area contributed by atoms with E-state index < -0.39 is 11.9 Å². The van der Waals surface area contributed by atoms with Gasteiger partial charge in [0.25, 0.3) is 0 Å². The summed E-state index contributed by atoms with van der Waals surface area (Å²) in [6, 6.07) is 10.4. The van der Waals surface area contributed by atoms with Crippen LogP contribution in [0.4, 0.5) is 11.4 Å². The van der Waals surface area contributed by atoms with Crippen LogP contribution in [-0.4, -0.2) is 58.5 Å². The number of unbranched alkanes of at least 4 members (excludes halogenated alkanes) is 2. The zero-order valence-corrected chi connectivity index (χ0v) is 28.9. The van der Waals surface area contributed by atoms with Gasteiger partial charge in [-0.2, -0.15) is 20.4 Å². The van der Waals surface area contributed by atoms with Gasteiger partial charge in [-0.1, -0.05) is 6.42 Å². The van der Waals surface area contributed by atoms with Gasteiger partial charge >= 0.3 is 0 Å². The topological polar surface area (TPSA) is 360 Å². The summed E-state index contributed by atoms with van der Waals surface area (Å²) in [6.07, 6.45) is 2.22. The van der Waals surface area contributed by atoms with E-state index in [2.05, 4.69) is 42.1 Å². The summed E-state index contributed by atoms with van der Waals surface area (Å²) in [5, 5.41) is 47.5. The molecule has 0 atom stereocenters. The number of carbonyl (C=O) groups is 2. The van der Waals surface area contributed by atoms with E-state index in [9.17, 15) is 9.59 Å². The quantitative estimate of drug-likeness (QED) is 0.0383. The van der Waals surface area contributed by atoms with Crippen molar-refractivity contribution >= 4 is 69.9 Å². The van der Waals surface area contributed by atoms with Gasteiger partial charge in [-0.3, -0.25) is 36.1 Å². The number of anilines is 2. The fourth-order valence-electron chi connectivity index (χ4n) is 4.49. The second kappa shape index (κ2) is 19.2. The lowest BCUT2D eigenvalue weighted by Crippen LogP contribution is -2.33. The van der Waals surface area contributed by atoms with Gasteiger partial charge in [-0.05, 0) is 76.9 Å². The molecule has 0 aromatic heterocycles. The molecule has 20 heteroatoms. The SMILES string of the molecule is CC(=O)c1cc(C(C)=NNC(=N)N)cc(N(C(CCCCCC(N)=O)=NNC(=N)N)c2cc(C(C)=NNC(=N)N)cc(C(C)=NNC(=N)N)c2)c1. The molecule has 0 aliphatic carbocycles. The minimum Gasteiger partial charge on any atom is -0.370 e. The number of nitrogens with two attached hydrogens (primary N) is 5. The maximum Gasteiger partial charge on any atom is 0.217 e. The van der Waals surface area contributed by atoms with E-state index in [0.717, 1.165) is 0 Å². The number of hydrazone groups is 4. The monoisotopic (exact) mass is 702 g/mol. The summed E-state index contributed by atoms with van der Waals surface area (Å²) in [4.78, 5) is 26.0. The normalized spacial score (nSPS) is 12.1. The minimum absolute atomic E-state index is 0.212. The number of hydrogen-bond acceptors (Lipinski definition) is 10. The highest BCUT2D eigenvalue weighted by atomic mass is 16.1. The molecule has 0 spiro atoms. The lowest BCUT2D eigenvalue weighted by Gasteiger charge is -2.29. The van der Waals surface area contributed by atoms with E-state index in [-0.39, 0.29) is 30.1 Å². The van der Waals surface area contributed by atoms with Gasteiger partial charge in [-0.25, -0.2) is 21.7 Å². The molecule has 18 N–H and O–H groups in total. The van der Waals surface area contributed by atoms with E-state index in [1.54, 1.807) is 62.1 Å². The zero-order chi connectivity index (χ0) is 38.2. The van der Waals surface area contributed by atoms with Crippen molar-refractivity contribution in [2.24, 2.45) is 49.1 Å². The largest absolute Gasteiger partial charge is 0.370 e. The Hall–Kier alpha value is -6.86. The average molecular weight is 703 g/mol. The van der Waals surface area contributed by atoms with Crippen molar-refractivity contribution < 1.29 is 9.59 Å². The first-order valence-corrected chi connectivity index (χ1v) is 15.5. The second-order valence-electron chi connectivity index (χ2n) is 11.2. The van der Waals surface area contributed by atoms with E-state index in [1.807, 2.05) is 0 Å². The Morgan fingerprint density at radius 2 is 0.902 bits per heavy atom. The first-order valence-electron chi connectivity index (χ1n) is 15.5. The predicted octanol–water partition coefficient (Wildman–Crippen LogP) is 0.881. The number of Topliss-reactive ketones (excluding diaryl/α,β-unsaturated/α-hetero) is 1. The Kier molecular flexibility index (Phi) is 15.2. The van der Waals surface area contributed by atoms with Gasteiger partial charge < -0.3 is 28.7 Å². The molecule has 51 heavy (non-hydrogen) atoms. The van der Waals surface area contributed by atoms with Crippen LogP contribution in [0.15, 0.2) is 56.8 Å². The Labute approximate surface area is 295 Å². The Morgan fingerprint density at radius 1 is 0.549 bits per heavy atom. The van der Waals surface area contributed by atoms with E-state index >= 15 is 0 Å². The number of nitrogens with one attached hydrogen (secondary N) is 8. The molecule has 272 valence electrons. The highest BCUT2D eigenvalue weighted by Gasteiger charge is 2.22. The molecular formula is C31H46N18O2. The molecule has 1 amide bonds. The number of benzene rings is 2. The van der Waals surface area contributed by atoms with Crippen molar-refractivity contribution in [3.63, 3.8) is 0 Å². The molecule has 20 nitrogen and oxygen atoms in total. The van der Waals surface area contributed by atoms with E-state index in [0.29, 0.717) is 82.3 Å². The first kappa shape index (κ1) is 40.3. The fraction of sp³-hybridized carbons (Fsp3) is 0.290. The van der Waals surface area contributed by atoms with Crippen LogP contribution in [0.2, 0.25) is 0 Å². The lowest BCUT2D eigenvalue weighted by atomic mass is 10.00. The molecule has 2 aromatic carbocycles. The molecule has 0 saturated carbocycles. The molecule has 0 saturated heterocycles. The minimum atomic E-state index is -0.427. The predicted molar refractivity (Wildman–Crippen MR) is 202 cm³/mol. The van der Waals surface area contributed by atoms with Crippen molar-refractivity contribution in [1.29, 1.82) is 21.6 Å². The number of ketones is 1.